The highest BCUT2D eigenvalue weighted by molar-refractivity contribution is 6.11. The molecule has 0 aliphatic carbocycles. The van der Waals surface area contributed by atoms with Gasteiger partial charge in [0.2, 0.25) is 5.95 Å². The van der Waals surface area contributed by atoms with Crippen LogP contribution >= 0.6 is 0 Å². The third-order valence-electron chi connectivity index (χ3n) is 5.85. The van der Waals surface area contributed by atoms with Gasteiger partial charge >= 0.3 is 0 Å². The molecule has 0 aliphatic rings. The average Bonchev–Trinajstić information content (AvgIpc) is 3.47. The molecule has 0 saturated heterocycles. The summed E-state index contributed by atoms with van der Waals surface area (Å²) in [7, 11) is 0. The Kier molecular flexibility index (Phi) is 5.77. The lowest BCUT2D eigenvalue weighted by Crippen LogP contribution is -2.25. The number of benzene rings is 3. The first kappa shape index (κ1) is 22.3. The van der Waals surface area contributed by atoms with Crippen LogP contribution in [0.4, 0.5) is 31.8 Å². The van der Waals surface area contributed by atoms with E-state index in [1.165, 1.54) is 6.07 Å². The van der Waals surface area contributed by atoms with Crippen molar-refractivity contribution < 1.29 is 13.6 Å². The number of nitrogens with zero attached hydrogens (tertiary/aromatic N) is 3. The molecular weight excluding hydrogens is 452 g/mol. The second-order valence-corrected chi connectivity index (χ2v) is 7.99. The average molecular weight is 476 g/mol. The van der Waals surface area contributed by atoms with Crippen LogP contribution in [0.5, 0.6) is 0 Å². The molecule has 0 aliphatic heterocycles. The maximum absolute atomic E-state index is 14.1. The fourth-order valence-corrected chi connectivity index (χ4v) is 4.06. The second-order valence-electron chi connectivity index (χ2n) is 7.99. The Bertz CT molecular complexity index is 1520. The van der Waals surface area contributed by atoms with Crippen LogP contribution in [-0.4, -0.2) is 39.2 Å². The van der Waals surface area contributed by atoms with Gasteiger partial charge < -0.3 is 20.5 Å². The molecule has 178 valence electrons. The zero-order valence-corrected chi connectivity index (χ0v) is 19.1. The molecule has 0 unspecified atom stereocenters. The number of rotatable bonds is 7. The predicted octanol–water partition coefficient (Wildman–Crippen LogP) is 5.56. The molecule has 5 rings (SSSR count). The number of para-hydroxylation sites is 1. The molecule has 4 N–H and O–H groups in total. The molecule has 8 nitrogen and oxygen atoms in total. The highest BCUT2D eigenvalue weighted by Crippen LogP contribution is 2.30. The fraction of sp³-hybridized carbons (Fsp3) is 0.160. The van der Waals surface area contributed by atoms with Crippen LogP contribution in [0.3, 0.4) is 0 Å². The number of hydrogen-bond donors (Lipinski definition) is 4. The minimum atomic E-state index is -0.733. The molecule has 5 aromatic rings. The van der Waals surface area contributed by atoms with Crippen LogP contribution in [-0.2, 0) is 0 Å². The zero-order chi connectivity index (χ0) is 24.5. The molecule has 35 heavy (non-hydrogen) atoms. The fourth-order valence-electron chi connectivity index (χ4n) is 4.06. The van der Waals surface area contributed by atoms with Crippen LogP contribution in [0.25, 0.3) is 21.9 Å². The Hall–Kier alpha value is -4.47. The van der Waals surface area contributed by atoms with Crippen LogP contribution in [0.2, 0.25) is 0 Å². The summed E-state index contributed by atoms with van der Waals surface area (Å²) < 4.78 is 28.2. The summed E-state index contributed by atoms with van der Waals surface area (Å²) in [6.07, 6.45) is 1.71. The number of amides is 1. The number of fused-ring (bicyclic) bond motifs is 2. The summed E-state index contributed by atoms with van der Waals surface area (Å²) in [5.41, 5.74) is 3.39. The van der Waals surface area contributed by atoms with Crippen LogP contribution in [0.1, 0.15) is 24.2 Å². The Morgan fingerprint density at radius 3 is 2.54 bits per heavy atom. The van der Waals surface area contributed by atoms with Crippen molar-refractivity contribution in [1.82, 2.24) is 20.2 Å². The standard InChI is InChI=1S/C25H23F2N7O/c1-3-34(4-2)22-12-21-20(30-25(31-21)32-23-17(26)6-5-7-18(23)27)11-16(22)24(35)29-15-9-8-14-13-28-33-19(14)10-15/h5-13H,3-4H2,1-2H3,(H,28,33)(H,29,35)(H2,30,31,32). The van der Waals surface area contributed by atoms with Gasteiger partial charge in [-0.05, 0) is 56.3 Å². The van der Waals surface area contributed by atoms with Gasteiger partial charge in [-0.15, -0.1) is 0 Å². The Morgan fingerprint density at radius 1 is 1.03 bits per heavy atom. The lowest BCUT2D eigenvalue weighted by molar-refractivity contribution is 0.102. The summed E-state index contributed by atoms with van der Waals surface area (Å²) in [5, 5.41) is 13.5. The smallest absolute Gasteiger partial charge is 0.257 e. The molecule has 0 atom stereocenters. The van der Waals surface area contributed by atoms with E-state index in [0.717, 1.165) is 23.0 Å². The molecule has 0 bridgehead atoms. The van der Waals surface area contributed by atoms with E-state index in [-0.39, 0.29) is 17.5 Å². The molecule has 2 heterocycles. The van der Waals surface area contributed by atoms with Gasteiger partial charge in [0.05, 0.1) is 34.0 Å². The highest BCUT2D eigenvalue weighted by Gasteiger charge is 2.19. The Morgan fingerprint density at radius 2 is 1.80 bits per heavy atom. The number of imidazole rings is 1. The third-order valence-corrected chi connectivity index (χ3v) is 5.85. The molecule has 10 heteroatoms. The van der Waals surface area contributed by atoms with Gasteiger partial charge in [-0.2, -0.15) is 5.10 Å². The van der Waals surface area contributed by atoms with Crippen molar-refractivity contribution in [2.45, 2.75) is 13.8 Å². The molecule has 0 spiro atoms. The highest BCUT2D eigenvalue weighted by atomic mass is 19.1. The summed E-state index contributed by atoms with van der Waals surface area (Å²) >= 11 is 0. The van der Waals surface area contributed by atoms with Gasteiger partial charge in [-0.1, -0.05) is 6.07 Å². The van der Waals surface area contributed by atoms with Crippen molar-refractivity contribution in [3.63, 3.8) is 0 Å². The summed E-state index contributed by atoms with van der Waals surface area (Å²) in [5.74, 6) is -1.60. The van der Waals surface area contributed by atoms with Crippen molar-refractivity contribution in [3.8, 4) is 0 Å². The minimum Gasteiger partial charge on any atom is -0.371 e. The first-order chi connectivity index (χ1) is 17.0. The monoisotopic (exact) mass is 475 g/mol. The quantitative estimate of drug-likeness (QED) is 0.247. The van der Waals surface area contributed by atoms with Gasteiger partial charge in [0, 0.05) is 24.2 Å². The van der Waals surface area contributed by atoms with Crippen LogP contribution in [0.15, 0.2) is 54.7 Å². The first-order valence-corrected chi connectivity index (χ1v) is 11.2. The van der Waals surface area contributed by atoms with Gasteiger partial charge in [-0.3, -0.25) is 9.89 Å². The molecule has 0 fully saturated rings. The molecule has 2 aromatic heterocycles. The SMILES string of the molecule is CCN(CC)c1cc2nc(Nc3c(F)cccc3F)[nH]c2cc1C(=O)Nc1ccc2cn[nH]c2c1. The number of carbonyl (C=O) groups is 1. The number of hydrogen-bond acceptors (Lipinski definition) is 5. The van der Waals surface area contributed by atoms with Gasteiger partial charge in [-0.25, -0.2) is 13.8 Å². The van der Waals surface area contributed by atoms with E-state index in [4.69, 9.17) is 0 Å². The molecule has 0 saturated carbocycles. The van der Waals surface area contributed by atoms with Crippen molar-refractivity contribution >= 4 is 50.9 Å². The van der Waals surface area contributed by atoms with E-state index < -0.39 is 11.6 Å². The van der Waals surface area contributed by atoms with E-state index in [2.05, 4.69) is 30.8 Å². The van der Waals surface area contributed by atoms with E-state index >= 15 is 0 Å². The van der Waals surface area contributed by atoms with Crippen molar-refractivity contribution in [1.29, 1.82) is 0 Å². The van der Waals surface area contributed by atoms with E-state index in [1.807, 2.05) is 36.9 Å². The number of anilines is 4. The normalized spacial score (nSPS) is 11.2. The number of halogens is 2. The van der Waals surface area contributed by atoms with Crippen LogP contribution < -0.4 is 15.5 Å². The maximum Gasteiger partial charge on any atom is 0.257 e. The Balaban J connectivity index is 1.53. The van der Waals surface area contributed by atoms with Gasteiger partial charge in [0.25, 0.3) is 5.91 Å². The van der Waals surface area contributed by atoms with E-state index in [9.17, 15) is 13.6 Å². The number of nitrogens with one attached hydrogen (secondary N) is 4. The van der Waals surface area contributed by atoms with Crippen molar-refractivity contribution in [3.05, 3.63) is 71.9 Å². The predicted molar refractivity (Wildman–Crippen MR) is 133 cm³/mol. The topological polar surface area (TPSA) is 102 Å². The van der Waals surface area contributed by atoms with Gasteiger partial charge in [0.15, 0.2) is 0 Å². The zero-order valence-electron chi connectivity index (χ0n) is 19.1. The maximum atomic E-state index is 14.1. The second kappa shape index (κ2) is 9.05. The molecule has 1 amide bonds. The van der Waals surface area contributed by atoms with Gasteiger partial charge in [0.1, 0.15) is 17.3 Å². The number of carbonyl (C=O) groups excluding carboxylic acids is 1. The Labute approximate surface area is 199 Å². The molecule has 0 radical (unpaired) electrons. The van der Waals surface area contributed by atoms with Crippen molar-refractivity contribution in [2.75, 3.05) is 28.6 Å². The first-order valence-electron chi connectivity index (χ1n) is 11.2. The number of aromatic amines is 2. The summed E-state index contributed by atoms with van der Waals surface area (Å²) in [4.78, 5) is 22.9. The largest absolute Gasteiger partial charge is 0.371 e. The minimum absolute atomic E-state index is 0.164. The summed E-state index contributed by atoms with van der Waals surface area (Å²) in [6, 6.07) is 12.6. The van der Waals surface area contributed by atoms with Crippen LogP contribution in [0, 0.1) is 11.6 Å². The molecule has 3 aromatic carbocycles. The number of H-pyrrole nitrogens is 2. The third kappa shape index (κ3) is 4.25. The number of aromatic nitrogens is 4. The van der Waals surface area contributed by atoms with Crippen molar-refractivity contribution in [2.24, 2.45) is 0 Å². The van der Waals surface area contributed by atoms with E-state index in [0.29, 0.717) is 41.1 Å². The lowest BCUT2D eigenvalue weighted by atomic mass is 10.1. The lowest BCUT2D eigenvalue weighted by Gasteiger charge is -2.23. The molecular formula is C25H23F2N7O. The summed E-state index contributed by atoms with van der Waals surface area (Å²) in [6.45, 7) is 5.36. The van der Waals surface area contributed by atoms with E-state index in [1.54, 1.807) is 18.3 Å².